The van der Waals surface area contributed by atoms with Gasteiger partial charge in [-0.3, -0.25) is 0 Å². The van der Waals surface area contributed by atoms with Crippen molar-refractivity contribution in [2.45, 2.75) is 51.5 Å². The van der Waals surface area contributed by atoms with Crippen molar-refractivity contribution in [2.75, 3.05) is 11.4 Å². The number of fused-ring (bicyclic) bond motifs is 2. The quantitative estimate of drug-likeness (QED) is 0.689. The predicted octanol–water partition coefficient (Wildman–Crippen LogP) is 4.22. The molecule has 0 radical (unpaired) electrons. The molecular weight excluding hydrogens is 242 g/mol. The molecule has 0 bridgehead atoms. The summed E-state index contributed by atoms with van der Waals surface area (Å²) in [5, 5.41) is 0. The van der Waals surface area contributed by atoms with E-state index in [1.54, 1.807) is 0 Å². The summed E-state index contributed by atoms with van der Waals surface area (Å²) in [4.78, 5) is 2.50. The average Bonchev–Trinajstić information content (AvgIpc) is 2.43. The van der Waals surface area contributed by atoms with E-state index in [4.69, 9.17) is 6.42 Å². The number of benzene rings is 1. The molecule has 1 heteroatoms. The highest BCUT2D eigenvalue weighted by atomic mass is 15.2. The average molecular weight is 267 g/mol. The van der Waals surface area contributed by atoms with Crippen molar-refractivity contribution in [1.29, 1.82) is 0 Å². The number of hydrogen-bond acceptors (Lipinski definition) is 1. The molecule has 0 unspecified atom stereocenters. The molecule has 1 aliphatic carbocycles. The molecule has 2 aliphatic rings. The van der Waals surface area contributed by atoms with Gasteiger partial charge in [0.15, 0.2) is 0 Å². The minimum absolute atomic E-state index is 0.256. The second-order valence-corrected chi connectivity index (χ2v) is 7.16. The highest BCUT2D eigenvalue weighted by Gasteiger charge is 2.47. The molecule has 1 aromatic carbocycles. The summed E-state index contributed by atoms with van der Waals surface area (Å²) in [5.74, 6) is 4.42. The van der Waals surface area contributed by atoms with Crippen LogP contribution in [-0.2, 0) is 5.41 Å². The molecule has 3 atom stereocenters. The minimum atomic E-state index is 0.256. The van der Waals surface area contributed by atoms with Crippen LogP contribution in [0, 0.1) is 24.2 Å². The molecule has 0 aromatic heterocycles. The molecule has 1 aliphatic heterocycles. The largest absolute Gasteiger partial charge is 0.357 e. The molecule has 1 heterocycles. The Labute approximate surface area is 123 Å². The van der Waals surface area contributed by atoms with Crippen LogP contribution >= 0.6 is 0 Å². The topological polar surface area (TPSA) is 3.24 Å². The zero-order valence-corrected chi connectivity index (χ0v) is 12.9. The zero-order chi connectivity index (χ0) is 14.3. The number of terminal acetylenes is 1. The van der Waals surface area contributed by atoms with Gasteiger partial charge in [0.25, 0.3) is 0 Å². The van der Waals surface area contributed by atoms with Gasteiger partial charge in [0.2, 0.25) is 0 Å². The van der Waals surface area contributed by atoms with Gasteiger partial charge < -0.3 is 4.90 Å². The zero-order valence-electron chi connectivity index (χ0n) is 12.9. The van der Waals surface area contributed by atoms with Gasteiger partial charge in [-0.2, -0.15) is 0 Å². The van der Waals surface area contributed by atoms with E-state index < -0.39 is 0 Å². The summed E-state index contributed by atoms with van der Waals surface area (Å²) in [6.07, 6.45) is 9.62. The second kappa shape index (κ2) is 4.85. The number of para-hydroxylation sites is 1. The van der Waals surface area contributed by atoms with Crippen molar-refractivity contribution >= 4 is 5.69 Å². The number of nitrogens with zero attached hydrogens (tertiary/aromatic N) is 1. The Balaban J connectivity index is 2.11. The minimum Gasteiger partial charge on any atom is -0.357 e. The summed E-state index contributed by atoms with van der Waals surface area (Å²) in [6, 6.07) is 9.47. The molecule has 1 nitrogen and oxygen atoms in total. The van der Waals surface area contributed by atoms with Gasteiger partial charge in [-0.25, -0.2) is 0 Å². The lowest BCUT2D eigenvalue weighted by molar-refractivity contribution is 0.154. The Kier molecular flexibility index (Phi) is 3.28. The van der Waals surface area contributed by atoms with Gasteiger partial charge in [-0.15, -0.1) is 6.42 Å². The van der Waals surface area contributed by atoms with Gasteiger partial charge in [0, 0.05) is 11.7 Å². The van der Waals surface area contributed by atoms with Crippen LogP contribution in [0.5, 0.6) is 0 Å². The van der Waals surface area contributed by atoms with Crippen molar-refractivity contribution in [3.8, 4) is 12.3 Å². The first-order valence-electron chi connectivity index (χ1n) is 7.85. The normalized spacial score (nSPS) is 31.1. The van der Waals surface area contributed by atoms with Crippen LogP contribution in [0.1, 0.15) is 45.6 Å². The molecular formula is C19H25N. The predicted molar refractivity (Wildman–Crippen MR) is 85.9 cm³/mol. The van der Waals surface area contributed by atoms with Crippen LogP contribution in [0.15, 0.2) is 24.3 Å². The van der Waals surface area contributed by atoms with Gasteiger partial charge in [-0.05, 0) is 41.7 Å². The van der Waals surface area contributed by atoms with Crippen LogP contribution in [0.25, 0.3) is 0 Å². The molecule has 0 saturated heterocycles. The first kappa shape index (κ1) is 13.6. The lowest BCUT2D eigenvalue weighted by Gasteiger charge is -2.54. The highest BCUT2D eigenvalue weighted by Crippen LogP contribution is 2.51. The first-order chi connectivity index (χ1) is 9.55. The van der Waals surface area contributed by atoms with Crippen LogP contribution in [0.2, 0.25) is 0 Å². The van der Waals surface area contributed by atoms with Crippen molar-refractivity contribution in [3.05, 3.63) is 29.8 Å². The molecule has 20 heavy (non-hydrogen) atoms. The molecule has 106 valence electrons. The standard InChI is InChI=1S/C19H25N/c1-5-12-20-17-9-7-6-8-15(17)19(3,4)16-11-10-14(2)13-18(16)20/h1,6-9,14,16,18H,10-13H2,2-4H3/t14-,16-,18-/m1/s1. The summed E-state index contributed by atoms with van der Waals surface area (Å²) in [6.45, 7) is 7.97. The second-order valence-electron chi connectivity index (χ2n) is 7.16. The lowest BCUT2D eigenvalue weighted by Crippen LogP contribution is -2.55. The molecule has 1 aromatic rings. The summed E-state index contributed by atoms with van der Waals surface area (Å²) in [5.41, 5.74) is 3.10. The van der Waals surface area contributed by atoms with E-state index in [1.165, 1.54) is 30.5 Å². The van der Waals surface area contributed by atoms with Gasteiger partial charge in [-0.1, -0.05) is 51.3 Å². The van der Waals surface area contributed by atoms with Crippen LogP contribution in [-0.4, -0.2) is 12.6 Å². The van der Waals surface area contributed by atoms with Crippen molar-refractivity contribution < 1.29 is 0 Å². The number of rotatable bonds is 1. The van der Waals surface area contributed by atoms with Crippen LogP contribution in [0.3, 0.4) is 0 Å². The molecule has 0 spiro atoms. The number of hydrogen-bond donors (Lipinski definition) is 0. The first-order valence-corrected chi connectivity index (χ1v) is 7.85. The van der Waals surface area contributed by atoms with E-state index in [0.29, 0.717) is 6.04 Å². The SMILES string of the molecule is C#CCN1c2ccccc2C(C)(C)[C@@H]2CC[C@@H](C)C[C@H]21. The fourth-order valence-electron chi connectivity index (χ4n) is 4.49. The molecule has 0 N–H and O–H groups in total. The maximum absolute atomic E-state index is 5.65. The van der Waals surface area contributed by atoms with E-state index in [-0.39, 0.29) is 5.41 Å². The fourth-order valence-corrected chi connectivity index (χ4v) is 4.49. The summed E-state index contributed by atoms with van der Waals surface area (Å²) < 4.78 is 0. The fraction of sp³-hybridized carbons (Fsp3) is 0.579. The van der Waals surface area contributed by atoms with E-state index in [2.05, 4.69) is 55.9 Å². The third-order valence-electron chi connectivity index (χ3n) is 5.58. The maximum atomic E-state index is 5.65. The van der Waals surface area contributed by atoms with Gasteiger partial charge in [0.05, 0.1) is 6.54 Å². The van der Waals surface area contributed by atoms with Crippen molar-refractivity contribution in [1.82, 2.24) is 0 Å². The Morgan fingerprint density at radius 1 is 1.30 bits per heavy atom. The molecule has 0 amide bonds. The van der Waals surface area contributed by atoms with E-state index in [9.17, 15) is 0 Å². The van der Waals surface area contributed by atoms with E-state index in [0.717, 1.165) is 18.4 Å². The molecule has 1 saturated carbocycles. The summed E-state index contributed by atoms with van der Waals surface area (Å²) >= 11 is 0. The highest BCUT2D eigenvalue weighted by molar-refractivity contribution is 5.61. The van der Waals surface area contributed by atoms with E-state index in [1.807, 2.05) is 0 Å². The van der Waals surface area contributed by atoms with Crippen molar-refractivity contribution in [3.63, 3.8) is 0 Å². The Hall–Kier alpha value is -1.42. The number of anilines is 1. The third-order valence-corrected chi connectivity index (χ3v) is 5.58. The van der Waals surface area contributed by atoms with Crippen LogP contribution < -0.4 is 4.90 Å². The monoisotopic (exact) mass is 267 g/mol. The lowest BCUT2D eigenvalue weighted by atomic mass is 9.60. The maximum Gasteiger partial charge on any atom is 0.0795 e. The Bertz CT molecular complexity index is 537. The van der Waals surface area contributed by atoms with Crippen molar-refractivity contribution in [2.24, 2.45) is 11.8 Å². The molecule has 1 fully saturated rings. The molecule has 3 rings (SSSR count). The Morgan fingerprint density at radius 2 is 2.05 bits per heavy atom. The Morgan fingerprint density at radius 3 is 2.80 bits per heavy atom. The van der Waals surface area contributed by atoms with Gasteiger partial charge >= 0.3 is 0 Å². The third kappa shape index (κ3) is 1.94. The summed E-state index contributed by atoms with van der Waals surface area (Å²) in [7, 11) is 0. The van der Waals surface area contributed by atoms with Crippen LogP contribution in [0.4, 0.5) is 5.69 Å². The smallest absolute Gasteiger partial charge is 0.0795 e. The van der Waals surface area contributed by atoms with Gasteiger partial charge in [0.1, 0.15) is 0 Å². The van der Waals surface area contributed by atoms with E-state index >= 15 is 0 Å².